The van der Waals surface area contributed by atoms with Crippen LogP contribution in [-0.4, -0.2) is 18.5 Å². The first-order chi connectivity index (χ1) is 12.0. The normalized spacial score (nSPS) is 15.0. The fourth-order valence-corrected chi connectivity index (χ4v) is 1.41. The molecule has 1 rings (SSSR count). The Morgan fingerprint density at radius 3 is 0.821 bits per heavy atom. The molecule has 0 aromatic carbocycles. The molecule has 1 aliphatic carbocycles. The number of halogens is 3. The molecule has 0 N–H and O–H groups in total. The van der Waals surface area contributed by atoms with Gasteiger partial charge >= 0.3 is 25.0 Å². The number of nitrogens with zero attached hydrogens (tertiary/aromatic N) is 3. The Morgan fingerprint density at radius 1 is 0.714 bits per heavy atom. The van der Waals surface area contributed by atoms with Gasteiger partial charge in [0.2, 0.25) is 0 Å². The Hall–Kier alpha value is -1.21. The van der Waals surface area contributed by atoms with Gasteiger partial charge in [-0.3, -0.25) is 0 Å². The predicted octanol–water partition coefficient (Wildman–Crippen LogP) is 4.61. The van der Waals surface area contributed by atoms with Gasteiger partial charge in [-0.05, 0) is 29.6 Å². The van der Waals surface area contributed by atoms with E-state index in [2.05, 4.69) is 34.6 Å². The molecule has 0 unspecified atom stereocenters. The van der Waals surface area contributed by atoms with Crippen LogP contribution in [0.25, 0.3) is 0 Å². The average molecular weight is 509 g/mol. The third-order valence-corrected chi connectivity index (χ3v) is 3.66. The van der Waals surface area contributed by atoms with Gasteiger partial charge in [0.05, 0.1) is 18.2 Å². The van der Waals surface area contributed by atoms with E-state index in [9.17, 15) is 13.2 Å². The maximum absolute atomic E-state index is 10.7. The fourth-order valence-electron chi connectivity index (χ4n) is 1.41. The molecule has 1 aliphatic rings. The van der Waals surface area contributed by atoms with Crippen molar-refractivity contribution < 1.29 is 45.6 Å². The molecule has 0 saturated heterocycles. The molecule has 0 aromatic rings. The quantitative estimate of drug-likeness (QED) is 0.267. The molecule has 0 aromatic heterocycles. The van der Waals surface area contributed by atoms with Gasteiger partial charge in [-0.15, -0.1) is 0 Å². The summed E-state index contributed by atoms with van der Waals surface area (Å²) in [4.78, 5) is 0. The van der Waals surface area contributed by atoms with Crippen molar-refractivity contribution in [2.75, 3.05) is 0 Å². The molecule has 159 valence electrons. The summed E-state index contributed by atoms with van der Waals surface area (Å²) in [7, 11) is -6.09. The zero-order valence-corrected chi connectivity index (χ0v) is 19.5. The van der Waals surface area contributed by atoms with E-state index < -0.39 is 15.6 Å². The maximum Gasteiger partial charge on any atom is 2.00 e. The molecular weight excluding hydrogens is 484 g/mol. The second kappa shape index (κ2) is 19.1. The summed E-state index contributed by atoms with van der Waals surface area (Å²) in [5.74, 6) is 7.34. The van der Waals surface area contributed by atoms with Crippen molar-refractivity contribution in [2.24, 2.45) is 0 Å². The van der Waals surface area contributed by atoms with Gasteiger partial charge in [0.15, 0.2) is 10.1 Å². The van der Waals surface area contributed by atoms with E-state index in [0.29, 0.717) is 0 Å². The van der Waals surface area contributed by atoms with Crippen LogP contribution in [0.15, 0.2) is 0 Å². The number of rotatable bonds is 0. The standard InChI is InChI=1S/C10H15.3C2H3N.CHF3O3S.Ru/c1-6-7(2)9(4)10(5)8(6)3;3*1-2-3;2-1(3,4)8(5,6)7;/h1-5H3;3*1H3;(H,5,6,7);/q;;;;;+2/p-1. The van der Waals surface area contributed by atoms with Crippen LogP contribution in [0.3, 0.4) is 0 Å². The second-order valence-electron chi connectivity index (χ2n) is 4.70. The molecule has 28 heavy (non-hydrogen) atoms. The number of alkyl halides is 3. The van der Waals surface area contributed by atoms with Crippen molar-refractivity contribution in [1.29, 1.82) is 15.8 Å². The van der Waals surface area contributed by atoms with Crippen molar-refractivity contribution in [3.05, 3.63) is 29.6 Å². The first-order valence-corrected chi connectivity index (χ1v) is 8.60. The maximum atomic E-state index is 10.7. The molecule has 0 aliphatic heterocycles. The Balaban J connectivity index is -0.0000000878. The molecular formula is C17H24F3N3O3RuS+. The summed E-state index contributed by atoms with van der Waals surface area (Å²) < 4.78 is 58.9. The second-order valence-corrected chi connectivity index (χ2v) is 6.07. The number of nitriles is 3. The van der Waals surface area contributed by atoms with Crippen molar-refractivity contribution in [3.8, 4) is 18.2 Å². The molecule has 0 atom stereocenters. The Labute approximate surface area is 180 Å². The fraction of sp³-hybridized carbons (Fsp3) is 0.529. The SMILES string of the molecule is CC#N.CC#N.CC#N.C[C]1[C](C)[C](C)[C](C)[C]1C.O=S(=O)([O-])C(F)(F)F.[Ru+2]. The summed E-state index contributed by atoms with van der Waals surface area (Å²) in [5, 5.41) is 22.0. The van der Waals surface area contributed by atoms with Crippen LogP contribution in [0.5, 0.6) is 0 Å². The minimum atomic E-state index is -6.09. The zero-order chi connectivity index (χ0) is 23.0. The van der Waals surface area contributed by atoms with E-state index >= 15 is 0 Å². The van der Waals surface area contributed by atoms with E-state index in [1.54, 1.807) is 18.2 Å². The van der Waals surface area contributed by atoms with Gasteiger partial charge < -0.3 is 4.55 Å². The van der Waals surface area contributed by atoms with Gasteiger partial charge in [0.25, 0.3) is 0 Å². The zero-order valence-electron chi connectivity index (χ0n) is 17.0. The monoisotopic (exact) mass is 509 g/mol. The minimum Gasteiger partial charge on any atom is -0.741 e. The van der Waals surface area contributed by atoms with Crippen LogP contribution in [0, 0.1) is 63.6 Å². The first kappa shape index (κ1) is 37.5. The van der Waals surface area contributed by atoms with Crippen LogP contribution in [0.1, 0.15) is 55.4 Å². The molecule has 11 heteroatoms. The van der Waals surface area contributed by atoms with Crippen molar-refractivity contribution in [1.82, 2.24) is 0 Å². The van der Waals surface area contributed by atoms with Crippen LogP contribution in [0.4, 0.5) is 13.2 Å². The van der Waals surface area contributed by atoms with E-state index in [1.807, 2.05) is 0 Å². The summed E-state index contributed by atoms with van der Waals surface area (Å²) in [5.41, 5.74) is -5.65. The van der Waals surface area contributed by atoms with Crippen LogP contribution >= 0.6 is 0 Å². The van der Waals surface area contributed by atoms with E-state index in [-0.39, 0.29) is 19.5 Å². The van der Waals surface area contributed by atoms with Crippen molar-refractivity contribution in [3.63, 3.8) is 0 Å². The summed E-state index contributed by atoms with van der Waals surface area (Å²) >= 11 is 0. The molecule has 1 fully saturated rings. The Bertz CT molecular complexity index is 535. The van der Waals surface area contributed by atoms with Gasteiger partial charge in [-0.2, -0.15) is 29.0 Å². The smallest absolute Gasteiger partial charge is 0.741 e. The van der Waals surface area contributed by atoms with Crippen molar-refractivity contribution >= 4 is 10.1 Å². The molecule has 0 heterocycles. The van der Waals surface area contributed by atoms with Gasteiger partial charge in [-0.25, -0.2) is 8.42 Å². The van der Waals surface area contributed by atoms with E-state index in [1.165, 1.54) is 50.4 Å². The van der Waals surface area contributed by atoms with Crippen LogP contribution in [0.2, 0.25) is 0 Å². The van der Waals surface area contributed by atoms with E-state index in [0.717, 1.165) is 0 Å². The average Bonchev–Trinajstić information content (AvgIpc) is 2.66. The summed E-state index contributed by atoms with van der Waals surface area (Å²) in [6, 6.07) is 5.25. The predicted molar refractivity (Wildman–Crippen MR) is 94.2 cm³/mol. The number of hydrogen-bond acceptors (Lipinski definition) is 6. The summed E-state index contributed by atoms with van der Waals surface area (Å²) in [6.07, 6.45) is 0. The Kier molecular flexibility index (Phi) is 25.6. The van der Waals surface area contributed by atoms with Gasteiger partial charge in [-0.1, -0.05) is 34.6 Å². The topological polar surface area (TPSA) is 129 Å². The molecule has 1 saturated carbocycles. The van der Waals surface area contributed by atoms with Crippen LogP contribution in [-0.2, 0) is 29.6 Å². The minimum absolute atomic E-state index is 0. The first-order valence-electron chi connectivity index (χ1n) is 7.19. The van der Waals surface area contributed by atoms with Crippen LogP contribution < -0.4 is 0 Å². The summed E-state index contributed by atoms with van der Waals surface area (Å²) in [6.45, 7) is 15.3. The third kappa shape index (κ3) is 18.2. The molecule has 6 nitrogen and oxygen atoms in total. The molecule has 0 spiro atoms. The van der Waals surface area contributed by atoms with E-state index in [4.69, 9.17) is 28.8 Å². The molecule has 0 bridgehead atoms. The van der Waals surface area contributed by atoms with Gasteiger partial charge in [0, 0.05) is 20.8 Å². The number of hydrogen-bond donors (Lipinski definition) is 0. The molecule has 5 radical (unpaired) electrons. The Morgan fingerprint density at radius 2 is 0.786 bits per heavy atom. The van der Waals surface area contributed by atoms with Crippen molar-refractivity contribution in [2.45, 2.75) is 60.9 Å². The largest absolute Gasteiger partial charge is 2.00 e. The molecule has 0 amide bonds. The van der Waals surface area contributed by atoms with Gasteiger partial charge in [0.1, 0.15) is 0 Å². The third-order valence-electron chi connectivity index (χ3n) is 3.10.